The maximum Gasteiger partial charge on any atom is 0.416 e. The Bertz CT molecular complexity index is 3450. The Labute approximate surface area is 338 Å². The number of benzene rings is 7. The van der Waals surface area contributed by atoms with Gasteiger partial charge in [-0.05, 0) is 60.2 Å². The predicted octanol–water partition coefficient (Wildman–Crippen LogP) is 13.6. The van der Waals surface area contributed by atoms with Crippen molar-refractivity contribution in [2.45, 2.75) is 12.1 Å². The highest BCUT2D eigenvalue weighted by atomic mass is 19.4. The highest BCUT2D eigenvalue weighted by Gasteiger charge is 2.35. The van der Waals surface area contributed by atoms with E-state index in [1.807, 2.05) is 84.9 Å². The summed E-state index contributed by atoms with van der Waals surface area (Å²) in [5.74, 6) is -2.72. The Hall–Kier alpha value is -7.59. The third-order valence-electron chi connectivity index (χ3n) is 11.4. The quantitative estimate of drug-likeness (QED) is 0.170. The summed E-state index contributed by atoms with van der Waals surface area (Å²) in [5, 5.41) is 3.42. The van der Waals surface area contributed by atoms with Gasteiger partial charge in [0.25, 0.3) is 5.92 Å². The second-order valence-electron chi connectivity index (χ2n) is 14.8. The smallest absolute Gasteiger partial charge is 0.354 e. The van der Waals surface area contributed by atoms with Gasteiger partial charge >= 0.3 is 6.18 Å². The average Bonchev–Trinajstić information content (AvgIpc) is 3.96. The molecule has 11 aromatic rings. The first-order valence-electron chi connectivity index (χ1n) is 19.3. The van der Waals surface area contributed by atoms with Crippen LogP contribution in [0.1, 0.15) is 16.7 Å². The van der Waals surface area contributed by atoms with Crippen LogP contribution in [0.5, 0.6) is 0 Å². The molecule has 0 saturated carbocycles. The van der Waals surface area contributed by atoms with Gasteiger partial charge in [0.15, 0.2) is 0 Å². The number of halogens is 5. The number of nitrogens with one attached hydrogen (secondary N) is 1. The van der Waals surface area contributed by atoms with Crippen molar-refractivity contribution in [2.75, 3.05) is 0 Å². The molecule has 0 bridgehead atoms. The van der Waals surface area contributed by atoms with Crippen molar-refractivity contribution in [3.8, 4) is 34.0 Å². The zero-order valence-electron chi connectivity index (χ0n) is 31.4. The van der Waals surface area contributed by atoms with E-state index in [2.05, 4.69) is 38.8 Å². The average molecular weight is 796 g/mol. The van der Waals surface area contributed by atoms with Crippen LogP contribution in [0.15, 0.2) is 176 Å². The molecule has 290 valence electrons. The van der Waals surface area contributed by atoms with Crippen molar-refractivity contribution >= 4 is 54.6 Å². The van der Waals surface area contributed by atoms with Gasteiger partial charge in [-0.1, -0.05) is 115 Å². The summed E-state index contributed by atoms with van der Waals surface area (Å²) < 4.78 is 78.3. The number of hydrogen-bond acceptors (Lipinski definition) is 2. The topological polar surface area (TPSA) is 51.4 Å². The van der Waals surface area contributed by atoms with Crippen LogP contribution in [-0.2, 0) is 12.1 Å². The molecule has 4 heterocycles. The Kier molecular flexibility index (Phi) is 7.84. The number of nitrogens with zero attached hydrogens (tertiary/aromatic N) is 4. The molecule has 5 nitrogen and oxygen atoms in total. The molecule has 4 aromatic heterocycles. The van der Waals surface area contributed by atoms with Gasteiger partial charge in [0.05, 0.1) is 33.1 Å². The monoisotopic (exact) mass is 795 g/mol. The lowest BCUT2D eigenvalue weighted by Crippen LogP contribution is -2.15. The van der Waals surface area contributed by atoms with E-state index in [9.17, 15) is 13.2 Å². The van der Waals surface area contributed by atoms with Crippen LogP contribution in [0, 0.1) is 0 Å². The van der Waals surface area contributed by atoms with Crippen molar-refractivity contribution < 1.29 is 22.0 Å². The minimum Gasteiger partial charge on any atom is -0.354 e. The first kappa shape index (κ1) is 35.6. The fourth-order valence-electron chi connectivity index (χ4n) is 8.57. The molecular formula is C50H30F5N5. The molecule has 60 heavy (non-hydrogen) atoms. The number of rotatable bonds is 6. The number of fused-ring (bicyclic) bond motifs is 7. The summed E-state index contributed by atoms with van der Waals surface area (Å²) >= 11 is 0. The van der Waals surface area contributed by atoms with Crippen molar-refractivity contribution in [2.24, 2.45) is 0 Å². The van der Waals surface area contributed by atoms with E-state index in [1.165, 1.54) is 24.3 Å². The standard InChI is InChI=1S/C50H30F5N5/c51-49(52,31-11-3-1-4-12-31)32-22-24-38-37-23-21-30(27-43(37)60(44(38)28-32)45-29-33(25-26-56-45)50(53,54)55)35-16-10-20-42-47(35)58-48(59(42)34-13-5-2-6-14-34)40-18-9-17-39-36-15-7-8-19-41(36)57-46(39)40/h1-29,57H. The molecule has 1 N–H and O–H groups in total. The molecule has 11 rings (SSSR count). The number of aromatic amines is 1. The van der Waals surface area contributed by atoms with Gasteiger partial charge < -0.3 is 4.98 Å². The lowest BCUT2D eigenvalue weighted by atomic mass is 9.98. The van der Waals surface area contributed by atoms with E-state index in [4.69, 9.17) is 4.98 Å². The number of pyridine rings is 1. The van der Waals surface area contributed by atoms with Gasteiger partial charge in [0.1, 0.15) is 11.6 Å². The molecule has 0 saturated heterocycles. The largest absolute Gasteiger partial charge is 0.416 e. The highest BCUT2D eigenvalue weighted by molar-refractivity contribution is 6.13. The van der Waals surface area contributed by atoms with Gasteiger partial charge in [0.2, 0.25) is 0 Å². The van der Waals surface area contributed by atoms with Crippen LogP contribution in [0.25, 0.3) is 88.7 Å². The summed E-state index contributed by atoms with van der Waals surface area (Å²) in [4.78, 5) is 13.4. The number of para-hydroxylation sites is 4. The van der Waals surface area contributed by atoms with Crippen LogP contribution < -0.4 is 0 Å². The minimum atomic E-state index is -4.66. The zero-order valence-corrected chi connectivity index (χ0v) is 31.4. The SMILES string of the molecule is FC(F)(F)c1ccnc(-n2c3cc(-c4cccc5c4nc(-c4cccc6c4[nH]c4ccccc46)n5-c4ccccc4)ccc3c3ccc(C(F)(F)c4ccccc4)cc32)c1. The third kappa shape index (κ3) is 5.51. The third-order valence-corrected chi connectivity index (χ3v) is 11.4. The van der Waals surface area contributed by atoms with Crippen molar-refractivity contribution in [1.82, 2.24) is 24.1 Å². The van der Waals surface area contributed by atoms with Crippen molar-refractivity contribution in [3.05, 3.63) is 193 Å². The molecule has 0 fully saturated rings. The molecular weight excluding hydrogens is 766 g/mol. The Morgan fingerprint density at radius 2 is 1.17 bits per heavy atom. The van der Waals surface area contributed by atoms with Gasteiger partial charge in [0, 0.05) is 61.2 Å². The van der Waals surface area contributed by atoms with E-state index in [1.54, 1.807) is 28.8 Å². The minimum absolute atomic E-state index is 0.0533. The van der Waals surface area contributed by atoms with Crippen LogP contribution in [-0.4, -0.2) is 24.1 Å². The van der Waals surface area contributed by atoms with Crippen LogP contribution in [0.4, 0.5) is 22.0 Å². The molecule has 0 unspecified atom stereocenters. The zero-order chi connectivity index (χ0) is 40.8. The van der Waals surface area contributed by atoms with E-state index in [0.29, 0.717) is 27.3 Å². The van der Waals surface area contributed by atoms with Crippen molar-refractivity contribution in [1.29, 1.82) is 0 Å². The molecule has 7 aromatic carbocycles. The first-order chi connectivity index (χ1) is 29.1. The molecule has 0 atom stereocenters. The molecule has 10 heteroatoms. The fraction of sp³-hybridized carbons (Fsp3) is 0.0400. The van der Waals surface area contributed by atoms with E-state index >= 15 is 8.78 Å². The highest BCUT2D eigenvalue weighted by Crippen LogP contribution is 2.43. The van der Waals surface area contributed by atoms with E-state index in [-0.39, 0.29) is 16.9 Å². The van der Waals surface area contributed by atoms with Gasteiger partial charge in [-0.3, -0.25) is 9.13 Å². The molecule has 0 aliphatic heterocycles. The number of hydrogen-bond donors (Lipinski definition) is 1. The molecule has 0 aliphatic carbocycles. The first-order valence-corrected chi connectivity index (χ1v) is 19.3. The number of aromatic nitrogens is 5. The Morgan fingerprint density at radius 3 is 1.97 bits per heavy atom. The summed E-state index contributed by atoms with van der Waals surface area (Å²) in [6.07, 6.45) is -3.57. The number of imidazole rings is 1. The van der Waals surface area contributed by atoms with Crippen LogP contribution in [0.2, 0.25) is 0 Å². The summed E-state index contributed by atoms with van der Waals surface area (Å²) in [7, 11) is 0. The van der Waals surface area contributed by atoms with Gasteiger partial charge in [-0.2, -0.15) is 22.0 Å². The molecule has 0 spiro atoms. The normalized spacial score (nSPS) is 12.4. The summed E-state index contributed by atoms with van der Waals surface area (Å²) in [5.41, 5.74) is 6.22. The molecule has 0 radical (unpaired) electrons. The van der Waals surface area contributed by atoms with Crippen molar-refractivity contribution in [3.63, 3.8) is 0 Å². The van der Waals surface area contributed by atoms with Crippen LogP contribution >= 0.6 is 0 Å². The Balaban J connectivity index is 1.17. The predicted molar refractivity (Wildman–Crippen MR) is 228 cm³/mol. The van der Waals surface area contributed by atoms with E-state index < -0.39 is 17.7 Å². The lowest BCUT2D eigenvalue weighted by molar-refractivity contribution is -0.137. The molecule has 0 amide bonds. The maximum atomic E-state index is 16.1. The number of alkyl halides is 5. The van der Waals surface area contributed by atoms with E-state index in [0.717, 1.165) is 73.9 Å². The molecule has 0 aliphatic rings. The Morgan fingerprint density at radius 1 is 0.483 bits per heavy atom. The second-order valence-corrected chi connectivity index (χ2v) is 14.8. The van der Waals surface area contributed by atoms with Gasteiger partial charge in [-0.15, -0.1) is 0 Å². The summed E-state index contributed by atoms with van der Waals surface area (Å²) in [6.45, 7) is 0. The second kappa shape index (κ2) is 13.2. The lowest BCUT2D eigenvalue weighted by Gasteiger charge is -2.18. The fourth-order valence-corrected chi connectivity index (χ4v) is 8.57. The number of H-pyrrole nitrogens is 1. The van der Waals surface area contributed by atoms with Crippen LogP contribution in [0.3, 0.4) is 0 Å². The summed E-state index contributed by atoms with van der Waals surface area (Å²) in [6, 6.07) is 49.6. The maximum absolute atomic E-state index is 16.1. The van der Waals surface area contributed by atoms with Gasteiger partial charge in [-0.25, -0.2) is 9.97 Å².